The first-order valence-electron chi connectivity index (χ1n) is 5.96. The van der Waals surface area contributed by atoms with Gasteiger partial charge in [0, 0.05) is 10.9 Å². The lowest BCUT2D eigenvalue weighted by Gasteiger charge is -2.05. The number of halogens is 1. The third-order valence-corrected chi connectivity index (χ3v) is 4.40. The van der Waals surface area contributed by atoms with Gasteiger partial charge in [-0.15, -0.1) is 0 Å². The van der Waals surface area contributed by atoms with Crippen molar-refractivity contribution in [2.75, 3.05) is 7.11 Å². The van der Waals surface area contributed by atoms with Crippen LogP contribution in [0.5, 0.6) is 5.75 Å². The van der Waals surface area contributed by atoms with Gasteiger partial charge in [0.25, 0.3) is 5.91 Å². The Hall–Kier alpha value is -1.63. The molecule has 2 aromatic rings. The number of nitrogens with one attached hydrogen (secondary N) is 1. The number of thioether (sulfide) groups is 1. The average Bonchev–Trinajstić information content (AvgIpc) is 2.77. The van der Waals surface area contributed by atoms with Crippen LogP contribution in [-0.2, 0) is 4.79 Å². The molecule has 1 aliphatic rings. The summed E-state index contributed by atoms with van der Waals surface area (Å²) in [6.07, 6.45) is 1.69. The number of carbonyl (C=O) groups is 1. The lowest BCUT2D eigenvalue weighted by Crippen LogP contribution is -2.17. The van der Waals surface area contributed by atoms with Crippen molar-refractivity contribution in [2.24, 2.45) is 0 Å². The maximum atomic E-state index is 11.7. The van der Waals surface area contributed by atoms with Crippen molar-refractivity contribution in [3.63, 3.8) is 0 Å². The minimum Gasteiger partial charge on any atom is -0.497 e. The number of rotatable bonds is 2. The monoisotopic (exact) mass is 336 g/mol. The molecule has 0 bridgehead atoms. The Balaban J connectivity index is 2.10. The first-order valence-corrected chi connectivity index (χ1v) is 7.56. The number of ether oxygens (including phenoxy) is 1. The number of methoxy groups -OCH3 is 1. The van der Waals surface area contributed by atoms with E-state index in [0.29, 0.717) is 19.9 Å². The zero-order valence-corrected chi connectivity index (χ0v) is 13.2. The van der Waals surface area contributed by atoms with Crippen molar-refractivity contribution in [1.82, 2.24) is 10.3 Å². The molecule has 2 heterocycles. The highest BCUT2D eigenvalue weighted by Crippen LogP contribution is 2.30. The van der Waals surface area contributed by atoms with Gasteiger partial charge in [-0.3, -0.25) is 4.79 Å². The van der Waals surface area contributed by atoms with Crippen molar-refractivity contribution in [3.8, 4) is 5.75 Å². The summed E-state index contributed by atoms with van der Waals surface area (Å²) in [5.41, 5.74) is 1.43. The molecule has 7 heteroatoms. The second kappa shape index (κ2) is 5.63. The number of benzene rings is 1. The molecule has 1 aliphatic heterocycles. The van der Waals surface area contributed by atoms with Crippen LogP contribution in [0.15, 0.2) is 29.2 Å². The molecule has 0 atom stereocenters. The highest BCUT2D eigenvalue weighted by Gasteiger charge is 2.22. The van der Waals surface area contributed by atoms with E-state index in [-0.39, 0.29) is 5.91 Å². The average molecular weight is 337 g/mol. The highest BCUT2D eigenvalue weighted by molar-refractivity contribution is 8.26. The van der Waals surface area contributed by atoms with Crippen LogP contribution in [0.3, 0.4) is 0 Å². The zero-order valence-electron chi connectivity index (χ0n) is 10.8. The number of hydrogen-bond acceptors (Lipinski definition) is 5. The van der Waals surface area contributed by atoms with E-state index >= 15 is 0 Å². The quantitative estimate of drug-likeness (QED) is 0.517. The van der Waals surface area contributed by atoms with E-state index in [1.54, 1.807) is 13.2 Å². The van der Waals surface area contributed by atoms with E-state index in [1.807, 2.05) is 24.3 Å². The minimum absolute atomic E-state index is 0.216. The van der Waals surface area contributed by atoms with Gasteiger partial charge >= 0.3 is 0 Å². The second-order valence-electron chi connectivity index (χ2n) is 4.28. The van der Waals surface area contributed by atoms with E-state index in [9.17, 15) is 4.79 Å². The molecule has 106 valence electrons. The summed E-state index contributed by atoms with van der Waals surface area (Å²) in [6, 6.07) is 7.40. The topological polar surface area (TPSA) is 51.2 Å². The van der Waals surface area contributed by atoms with Crippen molar-refractivity contribution in [1.29, 1.82) is 0 Å². The third kappa shape index (κ3) is 2.88. The van der Waals surface area contributed by atoms with E-state index in [0.717, 1.165) is 16.7 Å². The number of fused-ring (bicyclic) bond motifs is 1. The van der Waals surface area contributed by atoms with Crippen molar-refractivity contribution in [3.05, 3.63) is 39.9 Å². The number of thiocarbonyl (C=S) groups is 1. The van der Waals surface area contributed by atoms with Crippen LogP contribution in [0.4, 0.5) is 0 Å². The molecule has 1 fully saturated rings. The van der Waals surface area contributed by atoms with Gasteiger partial charge in [-0.05, 0) is 30.3 Å². The van der Waals surface area contributed by atoms with Crippen LogP contribution in [-0.4, -0.2) is 22.3 Å². The number of hydrogen-bond donors (Lipinski definition) is 1. The summed E-state index contributed by atoms with van der Waals surface area (Å²) in [4.78, 5) is 16.5. The maximum absolute atomic E-state index is 11.7. The Labute approximate surface area is 135 Å². The first kappa shape index (κ1) is 14.3. The van der Waals surface area contributed by atoms with Gasteiger partial charge < -0.3 is 10.1 Å². The minimum atomic E-state index is -0.216. The van der Waals surface area contributed by atoms with Gasteiger partial charge in [0.05, 0.1) is 17.5 Å². The predicted octanol–water partition coefficient (Wildman–Crippen LogP) is 3.39. The van der Waals surface area contributed by atoms with E-state index in [2.05, 4.69) is 10.3 Å². The SMILES string of the molecule is COc1ccc2nc(Cl)c(/C=C3\SC(=S)NC3=O)cc2c1. The van der Waals surface area contributed by atoms with E-state index in [4.69, 9.17) is 28.6 Å². The van der Waals surface area contributed by atoms with E-state index in [1.165, 1.54) is 11.8 Å². The fourth-order valence-electron chi connectivity index (χ4n) is 1.94. The normalized spacial score (nSPS) is 16.6. The van der Waals surface area contributed by atoms with Gasteiger partial charge in [-0.2, -0.15) is 0 Å². The Morgan fingerprint density at radius 3 is 2.90 bits per heavy atom. The molecule has 1 aromatic carbocycles. The third-order valence-electron chi connectivity index (χ3n) is 2.93. The fraction of sp³-hybridized carbons (Fsp3) is 0.0714. The molecule has 21 heavy (non-hydrogen) atoms. The summed E-state index contributed by atoms with van der Waals surface area (Å²) in [7, 11) is 1.61. The predicted molar refractivity (Wildman–Crippen MR) is 89.6 cm³/mol. The number of amides is 1. The molecule has 4 nitrogen and oxygen atoms in total. The lowest BCUT2D eigenvalue weighted by molar-refractivity contribution is -0.115. The molecular formula is C14H9ClN2O2S2. The molecule has 0 unspecified atom stereocenters. The molecule has 0 aliphatic carbocycles. The largest absolute Gasteiger partial charge is 0.497 e. The van der Waals surface area contributed by atoms with Crippen LogP contribution in [0.25, 0.3) is 17.0 Å². The van der Waals surface area contributed by atoms with E-state index < -0.39 is 0 Å². The van der Waals surface area contributed by atoms with Crippen LogP contribution in [0.2, 0.25) is 5.15 Å². The van der Waals surface area contributed by atoms with Crippen LogP contribution in [0.1, 0.15) is 5.56 Å². The first-order chi connectivity index (χ1) is 10.1. The van der Waals surface area contributed by atoms with Gasteiger partial charge in [0.1, 0.15) is 15.2 Å². The van der Waals surface area contributed by atoms with Gasteiger partial charge in [-0.1, -0.05) is 35.6 Å². The molecular weight excluding hydrogens is 328 g/mol. The molecule has 0 radical (unpaired) electrons. The Bertz CT molecular complexity index is 805. The molecule has 3 rings (SSSR count). The zero-order chi connectivity index (χ0) is 15.0. The standard InChI is InChI=1S/C14H9ClN2O2S2/c1-19-9-2-3-10-7(5-9)4-8(12(15)16-10)6-11-13(18)17-14(20)21-11/h2-6H,1H3,(H,17,18,20)/b11-6-. The Morgan fingerprint density at radius 1 is 1.43 bits per heavy atom. The highest BCUT2D eigenvalue weighted by atomic mass is 35.5. The summed E-state index contributed by atoms with van der Waals surface area (Å²) in [5, 5.41) is 3.79. The van der Waals surface area contributed by atoms with Crippen molar-refractivity contribution >= 4 is 62.8 Å². The molecule has 1 N–H and O–H groups in total. The molecule has 1 saturated heterocycles. The lowest BCUT2D eigenvalue weighted by atomic mass is 10.1. The van der Waals surface area contributed by atoms with Crippen LogP contribution < -0.4 is 10.1 Å². The number of aromatic nitrogens is 1. The fourth-order valence-corrected chi connectivity index (χ4v) is 3.17. The number of pyridine rings is 1. The van der Waals surface area contributed by atoms with Crippen LogP contribution in [0, 0.1) is 0 Å². The smallest absolute Gasteiger partial charge is 0.263 e. The van der Waals surface area contributed by atoms with Crippen LogP contribution >= 0.6 is 35.6 Å². The van der Waals surface area contributed by atoms with Gasteiger partial charge in [-0.25, -0.2) is 4.98 Å². The summed E-state index contributed by atoms with van der Waals surface area (Å²) < 4.78 is 5.64. The summed E-state index contributed by atoms with van der Waals surface area (Å²) in [5.74, 6) is 0.520. The molecule has 0 spiro atoms. The van der Waals surface area contributed by atoms with Gasteiger partial charge in [0.15, 0.2) is 0 Å². The number of carbonyl (C=O) groups excluding carboxylic acids is 1. The Morgan fingerprint density at radius 2 is 2.24 bits per heavy atom. The van der Waals surface area contributed by atoms with Gasteiger partial charge in [0.2, 0.25) is 0 Å². The summed E-state index contributed by atoms with van der Waals surface area (Å²) >= 11 is 12.3. The molecule has 1 aromatic heterocycles. The molecule has 0 saturated carbocycles. The summed E-state index contributed by atoms with van der Waals surface area (Å²) in [6.45, 7) is 0. The second-order valence-corrected chi connectivity index (χ2v) is 6.36. The van der Waals surface area contributed by atoms with Crippen molar-refractivity contribution < 1.29 is 9.53 Å². The molecule has 1 amide bonds. The Kier molecular flexibility index (Phi) is 3.84. The van der Waals surface area contributed by atoms with Crippen molar-refractivity contribution in [2.45, 2.75) is 0 Å². The maximum Gasteiger partial charge on any atom is 0.263 e. The number of nitrogens with zero attached hydrogens (tertiary/aromatic N) is 1.